The molecule has 5 heteroatoms. The highest BCUT2D eigenvalue weighted by Crippen LogP contribution is 2.02. The number of hydrogen-bond acceptors (Lipinski definition) is 2. The minimum absolute atomic E-state index is 0.0526. The summed E-state index contributed by atoms with van der Waals surface area (Å²) < 4.78 is 1.48. The van der Waals surface area contributed by atoms with E-state index in [9.17, 15) is 4.79 Å². The molecule has 2 rings (SSSR count). The van der Waals surface area contributed by atoms with Gasteiger partial charge in [0.15, 0.2) is 5.69 Å². The molecular formula is C6H5N3O2. The van der Waals surface area contributed by atoms with Crippen LogP contribution < -0.4 is 0 Å². The highest BCUT2D eigenvalue weighted by atomic mass is 16.4. The second-order valence-corrected chi connectivity index (χ2v) is 2.12. The van der Waals surface area contributed by atoms with Crippen LogP contribution in [0.4, 0.5) is 0 Å². The van der Waals surface area contributed by atoms with E-state index in [2.05, 4.69) is 10.1 Å². The summed E-state index contributed by atoms with van der Waals surface area (Å²) in [6.45, 7) is 0. The number of carbonyl (C=O) groups is 1. The number of aromatic carboxylic acids is 1. The first-order valence-electron chi connectivity index (χ1n) is 3.03. The van der Waals surface area contributed by atoms with Gasteiger partial charge in [-0.1, -0.05) is 0 Å². The Bertz CT molecular complexity index is 372. The number of H-pyrrole nitrogens is 1. The molecule has 56 valence electrons. The number of aromatic nitrogens is 3. The molecular weight excluding hydrogens is 146 g/mol. The molecule has 0 saturated carbocycles. The molecule has 0 radical (unpaired) electrons. The van der Waals surface area contributed by atoms with E-state index in [0.717, 1.165) is 0 Å². The van der Waals surface area contributed by atoms with Crippen LogP contribution in [-0.4, -0.2) is 25.7 Å². The minimum Gasteiger partial charge on any atom is -0.476 e. The maximum Gasteiger partial charge on any atom is 0.356 e. The van der Waals surface area contributed by atoms with Crippen LogP contribution in [0.25, 0.3) is 5.65 Å². The van der Waals surface area contributed by atoms with E-state index < -0.39 is 5.97 Å². The summed E-state index contributed by atoms with van der Waals surface area (Å²) in [4.78, 5) is 13.2. The quantitative estimate of drug-likeness (QED) is 0.618. The van der Waals surface area contributed by atoms with Gasteiger partial charge in [0.05, 0.1) is 0 Å². The molecule has 2 aromatic heterocycles. The normalized spacial score (nSPS) is 10.5. The van der Waals surface area contributed by atoms with Gasteiger partial charge in [-0.3, -0.25) is 0 Å². The fraction of sp³-hybridized carbons (Fsp3) is 0. The van der Waals surface area contributed by atoms with Crippen LogP contribution in [0.1, 0.15) is 10.5 Å². The summed E-state index contributed by atoms with van der Waals surface area (Å²) in [5.74, 6) is -1.01. The number of nitrogens with zero attached hydrogens (tertiary/aromatic N) is 2. The number of nitrogens with one attached hydrogen (secondary N) is 1. The topological polar surface area (TPSA) is 70.4 Å². The number of fused-ring (bicyclic) bond motifs is 1. The zero-order valence-electron chi connectivity index (χ0n) is 5.48. The Labute approximate surface area is 61.3 Å². The largest absolute Gasteiger partial charge is 0.476 e. The van der Waals surface area contributed by atoms with Crippen LogP contribution in [0, 0.1) is 0 Å². The van der Waals surface area contributed by atoms with E-state index in [1.54, 1.807) is 12.4 Å². The third-order valence-electron chi connectivity index (χ3n) is 1.40. The average Bonchev–Trinajstić information content (AvgIpc) is 2.40. The zero-order valence-corrected chi connectivity index (χ0v) is 5.48. The highest BCUT2D eigenvalue weighted by Gasteiger charge is 2.07. The molecule has 0 atom stereocenters. The Morgan fingerprint density at radius 3 is 3.18 bits per heavy atom. The van der Waals surface area contributed by atoms with E-state index in [4.69, 9.17) is 5.11 Å². The molecule has 2 heterocycles. The lowest BCUT2D eigenvalue weighted by Crippen LogP contribution is -1.96. The van der Waals surface area contributed by atoms with Crippen LogP contribution in [0.2, 0.25) is 0 Å². The van der Waals surface area contributed by atoms with Gasteiger partial charge in [-0.05, 0) is 0 Å². The number of carboxylic acid groups (broad SMARTS) is 1. The maximum atomic E-state index is 10.4. The summed E-state index contributed by atoms with van der Waals surface area (Å²) in [5.41, 5.74) is 0.735. The van der Waals surface area contributed by atoms with Crippen molar-refractivity contribution in [2.24, 2.45) is 0 Å². The monoisotopic (exact) mass is 151 g/mol. The first-order valence-corrected chi connectivity index (χ1v) is 3.03. The molecule has 0 saturated heterocycles. The van der Waals surface area contributed by atoms with Crippen LogP contribution in [-0.2, 0) is 0 Å². The van der Waals surface area contributed by atoms with Crippen molar-refractivity contribution in [2.45, 2.75) is 0 Å². The number of carboxylic acids is 1. The van der Waals surface area contributed by atoms with E-state index in [0.29, 0.717) is 5.65 Å². The molecule has 2 N–H and O–H groups in total. The van der Waals surface area contributed by atoms with Gasteiger partial charge in [0, 0.05) is 18.5 Å². The van der Waals surface area contributed by atoms with Gasteiger partial charge in [0.2, 0.25) is 0 Å². The summed E-state index contributed by atoms with van der Waals surface area (Å²) in [5, 5.41) is 12.3. The van der Waals surface area contributed by atoms with Crippen molar-refractivity contribution in [1.82, 2.24) is 14.6 Å². The summed E-state index contributed by atoms with van der Waals surface area (Å²) in [6, 6.07) is 1.47. The molecule has 0 amide bonds. The van der Waals surface area contributed by atoms with Crippen LogP contribution in [0.3, 0.4) is 0 Å². The minimum atomic E-state index is -1.01. The van der Waals surface area contributed by atoms with Gasteiger partial charge < -0.3 is 10.1 Å². The van der Waals surface area contributed by atoms with Crippen molar-refractivity contribution in [3.05, 3.63) is 24.2 Å². The van der Waals surface area contributed by atoms with Crippen molar-refractivity contribution >= 4 is 11.6 Å². The molecule has 0 spiro atoms. The molecule has 0 fully saturated rings. The lowest BCUT2D eigenvalue weighted by molar-refractivity contribution is 0.0690. The van der Waals surface area contributed by atoms with Crippen molar-refractivity contribution in [1.29, 1.82) is 0 Å². The number of imidazole rings is 1. The Morgan fingerprint density at radius 2 is 2.55 bits per heavy atom. The van der Waals surface area contributed by atoms with E-state index in [1.807, 2.05) is 0 Å². The van der Waals surface area contributed by atoms with E-state index in [1.165, 1.54) is 10.6 Å². The smallest absolute Gasteiger partial charge is 0.356 e. The molecule has 0 unspecified atom stereocenters. The molecule has 0 bridgehead atoms. The lowest BCUT2D eigenvalue weighted by Gasteiger charge is -1.79. The zero-order chi connectivity index (χ0) is 7.84. The maximum absolute atomic E-state index is 10.4. The predicted octanol–water partition coefficient (Wildman–Crippen LogP) is 0.361. The molecule has 2 aromatic rings. The fourth-order valence-corrected chi connectivity index (χ4v) is 0.914. The molecule has 0 aliphatic carbocycles. The third kappa shape index (κ3) is 0.778. The first-order chi connectivity index (χ1) is 5.27. The van der Waals surface area contributed by atoms with Crippen LogP contribution in [0.15, 0.2) is 18.5 Å². The predicted molar refractivity (Wildman–Crippen MR) is 36.5 cm³/mol. The van der Waals surface area contributed by atoms with Gasteiger partial charge in [-0.15, -0.1) is 0 Å². The Morgan fingerprint density at radius 1 is 1.73 bits per heavy atom. The molecule has 5 nitrogen and oxygen atoms in total. The number of hydrogen-bond donors (Lipinski definition) is 2. The Balaban J connectivity index is 2.67. The second-order valence-electron chi connectivity index (χ2n) is 2.12. The Hall–Kier alpha value is -1.78. The van der Waals surface area contributed by atoms with Gasteiger partial charge >= 0.3 is 5.97 Å². The van der Waals surface area contributed by atoms with E-state index in [-0.39, 0.29) is 5.69 Å². The van der Waals surface area contributed by atoms with Crippen molar-refractivity contribution in [3.63, 3.8) is 0 Å². The van der Waals surface area contributed by atoms with Crippen LogP contribution >= 0.6 is 0 Å². The lowest BCUT2D eigenvalue weighted by atomic mass is 10.4. The van der Waals surface area contributed by atoms with Gasteiger partial charge in [0.25, 0.3) is 0 Å². The molecule has 11 heavy (non-hydrogen) atoms. The summed E-state index contributed by atoms with van der Waals surface area (Å²) in [6.07, 6.45) is 3.34. The number of rotatable bonds is 1. The summed E-state index contributed by atoms with van der Waals surface area (Å²) in [7, 11) is 0. The number of aromatic amines is 1. The van der Waals surface area contributed by atoms with Gasteiger partial charge in [-0.2, -0.15) is 5.10 Å². The molecule has 0 aliphatic rings. The highest BCUT2D eigenvalue weighted by molar-refractivity contribution is 5.86. The van der Waals surface area contributed by atoms with Gasteiger partial charge in [0.1, 0.15) is 5.65 Å². The van der Waals surface area contributed by atoms with Crippen LogP contribution in [0.5, 0.6) is 0 Å². The van der Waals surface area contributed by atoms with E-state index >= 15 is 0 Å². The van der Waals surface area contributed by atoms with Crippen molar-refractivity contribution in [3.8, 4) is 0 Å². The molecule has 0 aliphatic heterocycles. The van der Waals surface area contributed by atoms with Crippen molar-refractivity contribution in [2.75, 3.05) is 0 Å². The second kappa shape index (κ2) is 1.85. The van der Waals surface area contributed by atoms with Crippen molar-refractivity contribution < 1.29 is 9.90 Å². The SMILES string of the molecule is O=C(O)c1cc2[nH]ccn2n1. The standard InChI is InChI=1S/C6H5N3O2/c10-6(11)4-3-5-7-1-2-9(5)8-4/h1-3,7H,(H,10,11). The average molecular weight is 151 g/mol. The van der Waals surface area contributed by atoms with Gasteiger partial charge in [-0.25, -0.2) is 9.31 Å². The summed E-state index contributed by atoms with van der Waals surface area (Å²) >= 11 is 0. The fourth-order valence-electron chi connectivity index (χ4n) is 0.914. The third-order valence-corrected chi connectivity index (χ3v) is 1.40. The first kappa shape index (κ1) is 5.96. The molecule has 0 aromatic carbocycles. The Kier molecular flexibility index (Phi) is 1.00.